The fourth-order valence-corrected chi connectivity index (χ4v) is 4.41. The fourth-order valence-electron chi connectivity index (χ4n) is 1.44. The van der Waals surface area contributed by atoms with Gasteiger partial charge in [-0.15, -0.1) is 0 Å². The molecule has 0 saturated carbocycles. The topological polar surface area (TPSA) is 0 Å². The van der Waals surface area contributed by atoms with Crippen LogP contribution in [-0.4, -0.2) is 14.5 Å². The molecule has 1 aromatic heterocycles. The Morgan fingerprint density at radius 2 is 1.79 bits per heavy atom. The Morgan fingerprint density at radius 1 is 1.14 bits per heavy atom. The molecule has 0 bridgehead atoms. The summed E-state index contributed by atoms with van der Waals surface area (Å²) in [5, 5.41) is 1.06. The monoisotopic (exact) mass is 278 g/mol. The predicted octanol–water partition coefficient (Wildman–Crippen LogP) is 4.08. The third kappa shape index (κ3) is 3.80. The van der Waals surface area contributed by atoms with Gasteiger partial charge in [-0.05, 0) is 0 Å². The van der Waals surface area contributed by atoms with Crippen molar-refractivity contribution in [3.63, 3.8) is 0 Å². The molecule has 0 aliphatic heterocycles. The fraction of sp³-hybridized carbons (Fsp3) is 0.667. The summed E-state index contributed by atoms with van der Waals surface area (Å²) >= 11 is 6.79. The molecule has 14 heavy (non-hydrogen) atoms. The zero-order valence-electron chi connectivity index (χ0n) is 9.11. The van der Waals surface area contributed by atoms with E-state index >= 15 is 0 Å². The summed E-state index contributed by atoms with van der Waals surface area (Å²) in [5.74, 6) is 0. The predicted molar refractivity (Wildman–Crippen MR) is 65.6 cm³/mol. The molecular formula is C12H19ClSe. The Labute approximate surface area is 98.4 Å². The van der Waals surface area contributed by atoms with Gasteiger partial charge in [0.25, 0.3) is 0 Å². The quantitative estimate of drug-likeness (QED) is 0.687. The zero-order valence-corrected chi connectivity index (χ0v) is 11.6. The molecule has 1 rings (SSSR count). The summed E-state index contributed by atoms with van der Waals surface area (Å²) in [5.41, 5.74) is 0. The summed E-state index contributed by atoms with van der Waals surface area (Å²) in [6.07, 6.45) is 7.66. The molecule has 1 aromatic rings. The molecule has 0 aromatic carbocycles. The van der Waals surface area contributed by atoms with Crippen molar-refractivity contribution >= 4 is 26.1 Å². The molecule has 0 radical (unpaired) electrons. The van der Waals surface area contributed by atoms with Crippen LogP contribution in [0.25, 0.3) is 0 Å². The van der Waals surface area contributed by atoms with Gasteiger partial charge in [-0.1, -0.05) is 0 Å². The summed E-state index contributed by atoms with van der Waals surface area (Å²) in [4.78, 5) is 0. The standard InChI is InChI=1S/C12H19ClSe/c1-3-5-7-10-9-11(13)12(14-10)8-6-4-2/h9H,3-8H2,1-2H3. The van der Waals surface area contributed by atoms with Gasteiger partial charge in [0.05, 0.1) is 0 Å². The van der Waals surface area contributed by atoms with E-state index in [1.54, 1.807) is 4.44 Å². The SMILES string of the molecule is CCCCc1cc(Cl)c(CCCC)[se]1. The summed E-state index contributed by atoms with van der Waals surface area (Å²) in [7, 11) is 0. The first-order valence-electron chi connectivity index (χ1n) is 5.55. The number of hydrogen-bond acceptors (Lipinski definition) is 0. The van der Waals surface area contributed by atoms with Crippen LogP contribution in [0.1, 0.15) is 48.4 Å². The van der Waals surface area contributed by atoms with Crippen LogP contribution in [0, 0.1) is 0 Å². The van der Waals surface area contributed by atoms with Crippen molar-refractivity contribution in [3.05, 3.63) is 20.0 Å². The average molecular weight is 278 g/mol. The number of rotatable bonds is 6. The first-order valence-corrected chi connectivity index (χ1v) is 7.64. The Hall–Kier alpha value is 0.289. The molecule has 0 fully saturated rings. The number of unbranched alkanes of at least 4 members (excludes halogenated alkanes) is 2. The Bertz CT molecular complexity index is 265. The average Bonchev–Trinajstić information content (AvgIpc) is 2.53. The minimum atomic E-state index is 0.585. The van der Waals surface area contributed by atoms with Gasteiger partial charge in [0, 0.05) is 0 Å². The molecule has 0 atom stereocenters. The molecule has 2 heteroatoms. The molecular weight excluding hydrogens is 259 g/mol. The zero-order chi connectivity index (χ0) is 10.4. The van der Waals surface area contributed by atoms with Gasteiger partial charge in [-0.25, -0.2) is 0 Å². The van der Waals surface area contributed by atoms with Crippen LogP contribution in [0.2, 0.25) is 5.02 Å². The molecule has 0 saturated heterocycles. The van der Waals surface area contributed by atoms with Gasteiger partial charge < -0.3 is 0 Å². The van der Waals surface area contributed by atoms with Crippen molar-refractivity contribution in [2.45, 2.75) is 52.4 Å². The minimum absolute atomic E-state index is 0.585. The van der Waals surface area contributed by atoms with Gasteiger partial charge in [-0.2, -0.15) is 0 Å². The van der Waals surface area contributed by atoms with E-state index in [1.807, 2.05) is 0 Å². The van der Waals surface area contributed by atoms with E-state index in [9.17, 15) is 0 Å². The third-order valence-electron chi connectivity index (χ3n) is 2.34. The Morgan fingerprint density at radius 3 is 2.43 bits per heavy atom. The van der Waals surface area contributed by atoms with Gasteiger partial charge in [0.15, 0.2) is 0 Å². The van der Waals surface area contributed by atoms with Gasteiger partial charge in [0.1, 0.15) is 0 Å². The van der Waals surface area contributed by atoms with Crippen LogP contribution in [0.15, 0.2) is 6.07 Å². The van der Waals surface area contributed by atoms with Crippen molar-refractivity contribution in [1.29, 1.82) is 0 Å². The van der Waals surface area contributed by atoms with Crippen LogP contribution in [0.3, 0.4) is 0 Å². The van der Waals surface area contributed by atoms with Crippen molar-refractivity contribution in [1.82, 2.24) is 0 Å². The Balaban J connectivity index is 2.53. The maximum absolute atomic E-state index is 6.21. The molecule has 0 N–H and O–H groups in total. The van der Waals surface area contributed by atoms with Crippen molar-refractivity contribution in [3.8, 4) is 0 Å². The van der Waals surface area contributed by atoms with Crippen LogP contribution >= 0.6 is 11.6 Å². The third-order valence-corrected chi connectivity index (χ3v) is 5.57. The molecule has 0 nitrogen and oxygen atoms in total. The van der Waals surface area contributed by atoms with E-state index in [1.165, 1.54) is 43.0 Å². The van der Waals surface area contributed by atoms with Gasteiger partial charge in [0.2, 0.25) is 0 Å². The second-order valence-electron chi connectivity index (χ2n) is 3.69. The number of hydrogen-bond donors (Lipinski definition) is 0. The molecule has 0 aliphatic carbocycles. The van der Waals surface area contributed by atoms with E-state index in [-0.39, 0.29) is 0 Å². The van der Waals surface area contributed by atoms with Crippen molar-refractivity contribution in [2.75, 3.05) is 0 Å². The van der Waals surface area contributed by atoms with Gasteiger partial charge in [-0.3, -0.25) is 0 Å². The first kappa shape index (κ1) is 12.4. The summed E-state index contributed by atoms with van der Waals surface area (Å²) in [6.45, 7) is 4.48. The van der Waals surface area contributed by atoms with E-state index in [0.29, 0.717) is 14.5 Å². The van der Waals surface area contributed by atoms with Crippen LogP contribution in [0.4, 0.5) is 0 Å². The summed E-state index contributed by atoms with van der Waals surface area (Å²) in [6, 6.07) is 2.22. The molecule has 0 amide bonds. The maximum atomic E-state index is 6.21. The van der Waals surface area contributed by atoms with E-state index in [0.717, 1.165) is 5.02 Å². The van der Waals surface area contributed by atoms with Gasteiger partial charge >= 0.3 is 98.4 Å². The summed E-state index contributed by atoms with van der Waals surface area (Å²) < 4.78 is 3.14. The number of halogens is 1. The second-order valence-corrected chi connectivity index (χ2v) is 6.66. The molecule has 0 aliphatic rings. The van der Waals surface area contributed by atoms with E-state index in [2.05, 4.69) is 19.9 Å². The van der Waals surface area contributed by atoms with Crippen LogP contribution in [0.5, 0.6) is 0 Å². The number of aryl methyl sites for hydroxylation is 2. The van der Waals surface area contributed by atoms with E-state index < -0.39 is 0 Å². The second kappa shape index (κ2) is 6.71. The normalized spacial score (nSPS) is 10.8. The van der Waals surface area contributed by atoms with Crippen molar-refractivity contribution in [2.24, 2.45) is 0 Å². The van der Waals surface area contributed by atoms with Crippen LogP contribution in [-0.2, 0) is 12.8 Å². The van der Waals surface area contributed by atoms with Crippen molar-refractivity contribution < 1.29 is 0 Å². The molecule has 80 valence electrons. The van der Waals surface area contributed by atoms with Crippen LogP contribution < -0.4 is 0 Å². The Kier molecular flexibility index (Phi) is 5.93. The first-order chi connectivity index (χ1) is 6.77. The molecule has 0 unspecified atom stereocenters. The van der Waals surface area contributed by atoms with E-state index in [4.69, 9.17) is 11.6 Å². The molecule has 1 heterocycles. The molecule has 0 spiro atoms.